The van der Waals surface area contributed by atoms with Crippen LogP contribution in [0, 0.1) is 5.41 Å². The van der Waals surface area contributed by atoms with Crippen molar-refractivity contribution < 1.29 is 14.3 Å². The first kappa shape index (κ1) is 16.8. The summed E-state index contributed by atoms with van der Waals surface area (Å²) in [5.41, 5.74) is 0.463. The quantitative estimate of drug-likeness (QED) is 0.774. The third-order valence-corrected chi connectivity index (χ3v) is 6.93. The third-order valence-electron chi connectivity index (χ3n) is 6.93. The SMILES string of the molecule is O=C(C1CCCN1C1CCOCC1)N1CCC2(CCOCC2)CC1. The first-order valence-electron chi connectivity index (χ1n) is 9.98. The van der Waals surface area contributed by atoms with Gasteiger partial charge in [-0.1, -0.05) is 0 Å². The second-order valence-electron chi connectivity index (χ2n) is 8.18. The standard InChI is InChI=1S/C19H32N2O3/c22-18(17-2-1-9-21(17)16-3-12-23-13-4-16)20-10-5-19(6-11-20)7-14-24-15-8-19/h16-17H,1-15H2. The fourth-order valence-corrected chi connectivity index (χ4v) is 5.22. The van der Waals surface area contributed by atoms with Crippen molar-refractivity contribution in [2.45, 2.75) is 63.5 Å². The van der Waals surface area contributed by atoms with E-state index in [0.717, 1.165) is 65.3 Å². The summed E-state index contributed by atoms with van der Waals surface area (Å²) >= 11 is 0. The summed E-state index contributed by atoms with van der Waals surface area (Å²) in [5.74, 6) is 0.404. The molecule has 5 heteroatoms. The van der Waals surface area contributed by atoms with Crippen molar-refractivity contribution in [3.8, 4) is 0 Å². The van der Waals surface area contributed by atoms with Crippen LogP contribution < -0.4 is 0 Å². The molecule has 136 valence electrons. The molecule has 0 aromatic rings. The largest absolute Gasteiger partial charge is 0.381 e. The lowest BCUT2D eigenvalue weighted by molar-refractivity contribution is -0.141. The molecule has 4 rings (SSSR count). The van der Waals surface area contributed by atoms with Gasteiger partial charge in [0.25, 0.3) is 0 Å². The minimum absolute atomic E-state index is 0.136. The molecule has 0 radical (unpaired) electrons. The highest BCUT2D eigenvalue weighted by molar-refractivity contribution is 5.82. The van der Waals surface area contributed by atoms with Crippen LogP contribution in [0.5, 0.6) is 0 Å². The molecule has 0 N–H and O–H groups in total. The molecule has 1 unspecified atom stereocenters. The monoisotopic (exact) mass is 336 g/mol. The Balaban J connectivity index is 1.35. The number of piperidine rings is 1. The van der Waals surface area contributed by atoms with Crippen molar-refractivity contribution in [3.05, 3.63) is 0 Å². The third kappa shape index (κ3) is 3.35. The van der Waals surface area contributed by atoms with Crippen molar-refractivity contribution in [1.82, 2.24) is 9.80 Å². The zero-order valence-electron chi connectivity index (χ0n) is 14.9. The fourth-order valence-electron chi connectivity index (χ4n) is 5.22. The molecule has 4 aliphatic rings. The van der Waals surface area contributed by atoms with E-state index in [0.29, 0.717) is 17.4 Å². The smallest absolute Gasteiger partial charge is 0.239 e. The number of carbonyl (C=O) groups is 1. The summed E-state index contributed by atoms with van der Waals surface area (Å²) in [5, 5.41) is 0. The second-order valence-corrected chi connectivity index (χ2v) is 8.18. The minimum Gasteiger partial charge on any atom is -0.381 e. The van der Waals surface area contributed by atoms with E-state index in [1.54, 1.807) is 0 Å². The molecule has 5 nitrogen and oxygen atoms in total. The summed E-state index contributed by atoms with van der Waals surface area (Å²) in [4.78, 5) is 17.8. The Morgan fingerprint density at radius 2 is 1.50 bits per heavy atom. The molecule has 24 heavy (non-hydrogen) atoms. The second kappa shape index (κ2) is 7.30. The zero-order valence-corrected chi connectivity index (χ0v) is 14.9. The molecule has 0 aliphatic carbocycles. The summed E-state index contributed by atoms with van der Waals surface area (Å²) in [6.45, 7) is 6.54. The Hall–Kier alpha value is -0.650. The topological polar surface area (TPSA) is 42.0 Å². The molecule has 4 aliphatic heterocycles. The number of carbonyl (C=O) groups excluding carboxylic acids is 1. The molecule has 1 spiro atoms. The Labute approximate surface area is 145 Å². The van der Waals surface area contributed by atoms with Crippen molar-refractivity contribution >= 4 is 5.91 Å². The summed E-state index contributed by atoms with van der Waals surface area (Å²) in [7, 11) is 0. The van der Waals surface area contributed by atoms with Crippen LogP contribution in [0.4, 0.5) is 0 Å². The molecule has 0 bridgehead atoms. The number of likely N-dealkylation sites (tertiary alicyclic amines) is 2. The molecule has 4 fully saturated rings. The van der Waals surface area contributed by atoms with Gasteiger partial charge in [-0.15, -0.1) is 0 Å². The van der Waals surface area contributed by atoms with E-state index < -0.39 is 0 Å². The van der Waals surface area contributed by atoms with E-state index in [1.807, 2.05) is 0 Å². The van der Waals surface area contributed by atoms with E-state index in [1.165, 1.54) is 32.1 Å². The van der Waals surface area contributed by atoms with Gasteiger partial charge in [0.15, 0.2) is 0 Å². The van der Waals surface area contributed by atoms with Gasteiger partial charge in [-0.25, -0.2) is 0 Å². The van der Waals surface area contributed by atoms with Crippen LogP contribution in [0.1, 0.15) is 51.4 Å². The Kier molecular flexibility index (Phi) is 5.11. The summed E-state index contributed by atoms with van der Waals surface area (Å²) in [6, 6.07) is 0.693. The normalized spacial score (nSPS) is 32.3. The van der Waals surface area contributed by atoms with Crippen LogP contribution in [-0.4, -0.2) is 73.9 Å². The lowest BCUT2D eigenvalue weighted by Crippen LogP contribution is -2.53. The van der Waals surface area contributed by atoms with Gasteiger partial charge in [-0.3, -0.25) is 9.69 Å². The predicted octanol–water partition coefficient (Wildman–Crippen LogP) is 2.05. The Bertz CT molecular complexity index is 434. The molecule has 0 aromatic carbocycles. The molecule has 4 heterocycles. The molecular weight excluding hydrogens is 304 g/mol. The van der Waals surface area contributed by atoms with Gasteiger partial charge in [0.2, 0.25) is 5.91 Å². The lowest BCUT2D eigenvalue weighted by atomic mass is 9.72. The zero-order chi connectivity index (χ0) is 16.4. The molecule has 4 saturated heterocycles. The number of amides is 1. The maximum absolute atomic E-state index is 13.2. The molecule has 0 saturated carbocycles. The first-order chi connectivity index (χ1) is 11.8. The van der Waals surface area contributed by atoms with Crippen LogP contribution in [-0.2, 0) is 14.3 Å². The lowest BCUT2D eigenvalue weighted by Gasteiger charge is -2.45. The molecule has 1 atom stereocenters. The maximum Gasteiger partial charge on any atom is 0.239 e. The van der Waals surface area contributed by atoms with Gasteiger partial charge in [0, 0.05) is 45.6 Å². The average Bonchev–Trinajstić information content (AvgIpc) is 3.13. The Morgan fingerprint density at radius 3 is 2.21 bits per heavy atom. The van der Waals surface area contributed by atoms with Crippen molar-refractivity contribution in [2.24, 2.45) is 5.41 Å². The number of rotatable bonds is 2. The van der Waals surface area contributed by atoms with Gasteiger partial charge in [-0.2, -0.15) is 0 Å². The van der Waals surface area contributed by atoms with Crippen LogP contribution >= 0.6 is 0 Å². The maximum atomic E-state index is 13.2. The van der Waals surface area contributed by atoms with Crippen molar-refractivity contribution in [2.75, 3.05) is 46.1 Å². The fraction of sp³-hybridized carbons (Fsp3) is 0.947. The van der Waals surface area contributed by atoms with Crippen LogP contribution in [0.3, 0.4) is 0 Å². The minimum atomic E-state index is 0.136. The van der Waals surface area contributed by atoms with Gasteiger partial charge in [-0.05, 0) is 63.3 Å². The van der Waals surface area contributed by atoms with E-state index in [4.69, 9.17) is 9.47 Å². The summed E-state index contributed by atoms with van der Waals surface area (Å²) < 4.78 is 11.0. The van der Waals surface area contributed by atoms with E-state index in [-0.39, 0.29) is 6.04 Å². The van der Waals surface area contributed by atoms with Crippen molar-refractivity contribution in [1.29, 1.82) is 0 Å². The van der Waals surface area contributed by atoms with Crippen LogP contribution in [0.25, 0.3) is 0 Å². The highest BCUT2D eigenvalue weighted by Crippen LogP contribution is 2.41. The number of hydrogen-bond acceptors (Lipinski definition) is 4. The average molecular weight is 336 g/mol. The van der Waals surface area contributed by atoms with Gasteiger partial charge in [0.05, 0.1) is 6.04 Å². The Morgan fingerprint density at radius 1 is 0.833 bits per heavy atom. The van der Waals surface area contributed by atoms with E-state index >= 15 is 0 Å². The highest BCUT2D eigenvalue weighted by atomic mass is 16.5. The first-order valence-corrected chi connectivity index (χ1v) is 9.98. The number of ether oxygens (including phenoxy) is 2. The van der Waals surface area contributed by atoms with E-state index in [2.05, 4.69) is 9.80 Å². The molecule has 0 aromatic heterocycles. The van der Waals surface area contributed by atoms with Gasteiger partial charge >= 0.3 is 0 Å². The number of nitrogens with zero attached hydrogens (tertiary/aromatic N) is 2. The molecule has 1 amide bonds. The van der Waals surface area contributed by atoms with Crippen molar-refractivity contribution in [3.63, 3.8) is 0 Å². The predicted molar refractivity (Wildman–Crippen MR) is 91.9 cm³/mol. The van der Waals surface area contributed by atoms with E-state index in [9.17, 15) is 4.79 Å². The highest BCUT2D eigenvalue weighted by Gasteiger charge is 2.41. The molecular formula is C19H32N2O3. The van der Waals surface area contributed by atoms with Crippen LogP contribution in [0.2, 0.25) is 0 Å². The number of hydrogen-bond donors (Lipinski definition) is 0. The van der Waals surface area contributed by atoms with Gasteiger partial charge in [0.1, 0.15) is 0 Å². The summed E-state index contributed by atoms with van der Waals surface area (Å²) in [6.07, 6.45) is 9.12. The van der Waals surface area contributed by atoms with Gasteiger partial charge < -0.3 is 14.4 Å². The van der Waals surface area contributed by atoms with Crippen LogP contribution in [0.15, 0.2) is 0 Å².